The zero-order valence-electron chi connectivity index (χ0n) is 15.4. The van der Waals surface area contributed by atoms with Crippen LogP contribution < -0.4 is 0 Å². The second kappa shape index (κ2) is 6.52. The summed E-state index contributed by atoms with van der Waals surface area (Å²) >= 11 is 1.35. The predicted octanol–water partition coefficient (Wildman–Crippen LogP) is 4.51. The van der Waals surface area contributed by atoms with Crippen LogP contribution in [-0.4, -0.2) is 20.3 Å². The molecule has 0 amide bonds. The molecule has 4 aliphatic rings. The summed E-state index contributed by atoms with van der Waals surface area (Å²) in [6.45, 7) is 4.55. The van der Waals surface area contributed by atoms with Crippen LogP contribution in [0.1, 0.15) is 65.2 Å². The van der Waals surface area contributed by atoms with Gasteiger partial charge >= 0.3 is 10.4 Å². The molecule has 0 aromatic heterocycles. The summed E-state index contributed by atoms with van der Waals surface area (Å²) in [6, 6.07) is 0. The molecular weight excluding hydrogens is 467 g/mol. The second-order valence-corrected chi connectivity index (χ2v) is 11.3. The Labute approximate surface area is 170 Å². The van der Waals surface area contributed by atoms with E-state index in [4.69, 9.17) is 4.18 Å². The highest BCUT2D eigenvalue weighted by molar-refractivity contribution is 14.1. The molecule has 26 heavy (non-hydrogen) atoms. The summed E-state index contributed by atoms with van der Waals surface area (Å²) in [5.41, 5.74) is 1.37. The molecule has 7 heteroatoms. The van der Waals surface area contributed by atoms with Gasteiger partial charge in [-0.2, -0.15) is 10.9 Å². The molecule has 5 nitrogen and oxygen atoms in total. The molecule has 6 unspecified atom stereocenters. The number of allylic oxidation sites excluding steroid dienone is 1. The van der Waals surface area contributed by atoms with Gasteiger partial charge in [0.2, 0.25) is 0 Å². The second-order valence-electron chi connectivity index (χ2n) is 9.11. The lowest BCUT2D eigenvalue weighted by atomic mass is 9.48. The number of rotatable bonds is 3. The van der Waals surface area contributed by atoms with Crippen molar-refractivity contribution in [3.05, 3.63) is 11.6 Å². The number of fused-ring (bicyclic) bond motifs is 5. The van der Waals surface area contributed by atoms with Gasteiger partial charge < -0.3 is 0 Å². The van der Waals surface area contributed by atoms with Crippen molar-refractivity contribution in [3.8, 4) is 0 Å². The maximum Gasteiger partial charge on any atom is 0.409 e. The Balaban J connectivity index is 1.57. The first kappa shape index (κ1) is 19.3. The molecule has 0 aromatic carbocycles. The average molecular weight is 494 g/mol. The summed E-state index contributed by atoms with van der Waals surface area (Å²) in [5.74, 6) is 2.19. The van der Waals surface area contributed by atoms with E-state index in [0.29, 0.717) is 30.0 Å². The smallest absolute Gasteiger partial charge is 0.299 e. The van der Waals surface area contributed by atoms with Crippen LogP contribution in [0.15, 0.2) is 11.6 Å². The van der Waals surface area contributed by atoms with Crippen molar-refractivity contribution in [2.24, 2.45) is 28.6 Å². The number of hydrogen-bond donors (Lipinski definition) is 0. The predicted molar refractivity (Wildman–Crippen MR) is 106 cm³/mol. The number of hydrogen-bond acceptors (Lipinski definition) is 5. The molecule has 6 atom stereocenters. The Hall–Kier alpha value is 0.01000. The van der Waals surface area contributed by atoms with Crippen LogP contribution in [0.4, 0.5) is 0 Å². The quantitative estimate of drug-likeness (QED) is 0.427. The number of carbonyl (C=O) groups is 1. The van der Waals surface area contributed by atoms with E-state index in [9.17, 15) is 13.2 Å². The molecule has 0 aliphatic heterocycles. The SMILES string of the molecule is CC12CCC3C(CC=C4CC(OS(=O)(=O)OI)CCC43C)C1CCC2=O. The molecule has 0 radical (unpaired) electrons. The van der Waals surface area contributed by atoms with Crippen molar-refractivity contribution in [2.75, 3.05) is 0 Å². The first-order valence-corrected chi connectivity index (χ1v) is 11.9. The van der Waals surface area contributed by atoms with Crippen molar-refractivity contribution in [2.45, 2.75) is 71.3 Å². The highest BCUT2D eigenvalue weighted by Crippen LogP contribution is 2.64. The van der Waals surface area contributed by atoms with Crippen molar-refractivity contribution < 1.29 is 19.9 Å². The van der Waals surface area contributed by atoms with Gasteiger partial charge in [0.25, 0.3) is 0 Å². The monoisotopic (exact) mass is 494 g/mol. The number of ketones is 1. The Morgan fingerprint density at radius 1 is 1.12 bits per heavy atom. The normalized spacial score (nSPS) is 45.5. The van der Waals surface area contributed by atoms with Gasteiger partial charge in [0, 0.05) is 11.8 Å². The topological polar surface area (TPSA) is 69.7 Å². The Kier molecular flexibility index (Phi) is 4.85. The molecule has 146 valence electrons. The molecule has 0 bridgehead atoms. The summed E-state index contributed by atoms with van der Waals surface area (Å²) < 4.78 is 32.9. The van der Waals surface area contributed by atoms with E-state index in [0.717, 1.165) is 44.9 Å². The van der Waals surface area contributed by atoms with Crippen LogP contribution >= 0.6 is 23.0 Å². The fraction of sp³-hybridized carbons (Fsp3) is 0.842. The minimum Gasteiger partial charge on any atom is -0.299 e. The van der Waals surface area contributed by atoms with E-state index in [1.165, 1.54) is 28.6 Å². The van der Waals surface area contributed by atoms with Gasteiger partial charge in [0.05, 0.1) is 6.10 Å². The number of Topliss-reactive ketones (excluding diaryl/α,β-unsaturated/α-hetero) is 1. The van der Waals surface area contributed by atoms with E-state index in [1.807, 2.05) is 0 Å². The van der Waals surface area contributed by atoms with Gasteiger partial charge in [-0.1, -0.05) is 25.5 Å². The molecule has 0 N–H and O–H groups in total. The molecule has 0 aromatic rings. The van der Waals surface area contributed by atoms with E-state index in [2.05, 4.69) is 22.4 Å². The third-order valence-corrected chi connectivity index (χ3v) is 10.1. The van der Waals surface area contributed by atoms with Crippen molar-refractivity contribution in [1.82, 2.24) is 0 Å². The Morgan fingerprint density at radius 2 is 1.81 bits per heavy atom. The lowest BCUT2D eigenvalue weighted by Gasteiger charge is -2.56. The lowest BCUT2D eigenvalue weighted by Crippen LogP contribution is -2.50. The fourth-order valence-corrected chi connectivity index (χ4v) is 7.44. The number of carbonyl (C=O) groups excluding carboxylic acids is 1. The van der Waals surface area contributed by atoms with Crippen LogP contribution in [-0.2, 0) is 21.9 Å². The molecule has 3 fully saturated rings. The first-order chi connectivity index (χ1) is 12.2. The lowest BCUT2D eigenvalue weighted by molar-refractivity contribution is -0.131. The largest absolute Gasteiger partial charge is 0.409 e. The minimum absolute atomic E-state index is 0.102. The first-order valence-electron chi connectivity index (χ1n) is 9.66. The van der Waals surface area contributed by atoms with Gasteiger partial charge in [0.15, 0.2) is 0 Å². The standard InChI is InChI=1S/C19H27IO5S/c1-18-9-7-13(24-26(22,23)25-20)11-12(18)3-4-14-15-5-6-17(21)19(15,2)10-8-16(14)18/h3,13-16H,4-11H2,1-2H3. The van der Waals surface area contributed by atoms with Crippen LogP contribution in [0.2, 0.25) is 0 Å². The third kappa shape index (κ3) is 2.92. The van der Waals surface area contributed by atoms with Crippen LogP contribution in [0.3, 0.4) is 0 Å². The van der Waals surface area contributed by atoms with E-state index >= 15 is 0 Å². The third-order valence-electron chi connectivity index (χ3n) is 8.10. The molecule has 4 rings (SSSR count). The summed E-state index contributed by atoms with van der Waals surface area (Å²) in [7, 11) is -3.90. The van der Waals surface area contributed by atoms with E-state index in [-0.39, 0.29) is 16.9 Å². The Morgan fingerprint density at radius 3 is 2.54 bits per heavy atom. The molecule has 0 spiro atoms. The molecule has 3 saturated carbocycles. The number of halogens is 1. The zero-order chi connectivity index (χ0) is 18.7. The minimum atomic E-state index is -3.90. The van der Waals surface area contributed by atoms with Gasteiger partial charge in [0.1, 0.15) is 28.8 Å². The summed E-state index contributed by atoms with van der Waals surface area (Å²) in [5, 5.41) is 0. The van der Waals surface area contributed by atoms with Gasteiger partial charge in [-0.3, -0.25) is 4.79 Å². The van der Waals surface area contributed by atoms with Crippen LogP contribution in [0.5, 0.6) is 0 Å². The van der Waals surface area contributed by atoms with Crippen molar-refractivity contribution >= 4 is 39.2 Å². The maximum atomic E-state index is 12.5. The molecular formula is C19H27IO5S. The van der Waals surface area contributed by atoms with Crippen LogP contribution in [0.25, 0.3) is 0 Å². The van der Waals surface area contributed by atoms with E-state index in [1.54, 1.807) is 0 Å². The van der Waals surface area contributed by atoms with Gasteiger partial charge in [-0.25, -0.2) is 4.18 Å². The summed E-state index contributed by atoms with van der Waals surface area (Å²) in [4.78, 5) is 12.5. The highest BCUT2D eigenvalue weighted by Gasteiger charge is 2.58. The van der Waals surface area contributed by atoms with Crippen LogP contribution in [0, 0.1) is 28.6 Å². The molecule has 4 aliphatic carbocycles. The van der Waals surface area contributed by atoms with Gasteiger partial charge in [-0.05, 0) is 68.1 Å². The fourth-order valence-electron chi connectivity index (χ4n) is 6.66. The summed E-state index contributed by atoms with van der Waals surface area (Å²) in [6.07, 6.45) is 9.29. The average Bonchev–Trinajstić information content (AvgIpc) is 2.90. The zero-order valence-corrected chi connectivity index (χ0v) is 18.3. The van der Waals surface area contributed by atoms with Crippen molar-refractivity contribution in [1.29, 1.82) is 0 Å². The van der Waals surface area contributed by atoms with E-state index < -0.39 is 10.4 Å². The molecule has 0 heterocycles. The highest BCUT2D eigenvalue weighted by atomic mass is 127. The Bertz CT molecular complexity index is 747. The maximum absolute atomic E-state index is 12.5. The molecule has 0 saturated heterocycles. The van der Waals surface area contributed by atoms with Crippen molar-refractivity contribution in [3.63, 3.8) is 0 Å². The van der Waals surface area contributed by atoms with Gasteiger partial charge in [-0.15, -0.1) is 0 Å².